The summed E-state index contributed by atoms with van der Waals surface area (Å²) in [7, 11) is 0. The third kappa shape index (κ3) is 15.5. The van der Waals surface area contributed by atoms with Gasteiger partial charge in [-0.25, -0.2) is 0 Å². The van der Waals surface area contributed by atoms with E-state index in [2.05, 4.69) is 13.0 Å². The minimum atomic E-state index is -0.758. The highest BCUT2D eigenvalue weighted by atomic mass is 16.4. The second-order valence-electron chi connectivity index (χ2n) is 6.04. The second kappa shape index (κ2) is 16.5. The predicted molar refractivity (Wildman–Crippen MR) is 98.9 cm³/mol. The summed E-state index contributed by atoms with van der Waals surface area (Å²) in [4.78, 5) is 10.3. The summed E-state index contributed by atoms with van der Waals surface area (Å²) in [5, 5.41) is 28.2. The van der Waals surface area contributed by atoms with Crippen LogP contribution in [0.1, 0.15) is 71.1 Å². The third-order valence-electron chi connectivity index (χ3n) is 3.71. The van der Waals surface area contributed by atoms with Crippen LogP contribution in [0.3, 0.4) is 0 Å². The number of carbonyl (C=O) groups is 1. The van der Waals surface area contributed by atoms with E-state index in [1.54, 1.807) is 0 Å². The fourth-order valence-corrected chi connectivity index (χ4v) is 2.18. The van der Waals surface area contributed by atoms with Crippen LogP contribution in [0, 0.1) is 0 Å². The Labute approximate surface area is 146 Å². The molecule has 0 heterocycles. The molecule has 0 aliphatic heterocycles. The molecule has 4 heteroatoms. The molecule has 0 unspecified atom stereocenters. The molecule has 0 rings (SSSR count). The smallest absolute Gasteiger partial charge is 0.303 e. The lowest BCUT2D eigenvalue weighted by molar-refractivity contribution is -0.137. The van der Waals surface area contributed by atoms with Crippen molar-refractivity contribution in [2.45, 2.75) is 83.3 Å². The quantitative estimate of drug-likeness (QED) is 0.306. The van der Waals surface area contributed by atoms with E-state index >= 15 is 0 Å². The first-order chi connectivity index (χ1) is 11.6. The maximum absolute atomic E-state index is 10.3. The lowest BCUT2D eigenvalue weighted by Crippen LogP contribution is -2.24. The highest BCUT2D eigenvalue weighted by molar-refractivity contribution is 5.66. The van der Waals surface area contributed by atoms with Crippen molar-refractivity contribution in [3.8, 4) is 0 Å². The molecule has 4 nitrogen and oxygen atoms in total. The Morgan fingerprint density at radius 3 is 2.00 bits per heavy atom. The molecular formula is C20H34O4. The predicted octanol–water partition coefficient (Wildman–Crippen LogP) is 4.38. The largest absolute Gasteiger partial charge is 0.481 e. The number of aliphatic carboxylic acids is 1. The average molecular weight is 338 g/mol. The van der Waals surface area contributed by atoms with Gasteiger partial charge in [0.05, 0.1) is 12.2 Å². The van der Waals surface area contributed by atoms with Gasteiger partial charge in [0.2, 0.25) is 0 Å². The standard InChI is InChI=1S/C20H34O4/c1-2-3-4-5-9-12-15-18(21)19(22)16-13-10-7-6-8-11-14-17-20(23)24/h6,8-10,12-13,18-19,21-22H,2-5,7,11,14-17H2,1H3,(H,23,24)/b8-6-,12-9-,13-10-/t18-,19-/m0/s1. The fourth-order valence-electron chi connectivity index (χ4n) is 2.18. The molecule has 0 aromatic rings. The molecule has 0 radical (unpaired) electrons. The zero-order valence-electron chi connectivity index (χ0n) is 14.9. The molecule has 0 saturated heterocycles. The number of aliphatic hydroxyl groups excluding tert-OH is 2. The van der Waals surface area contributed by atoms with Crippen LogP contribution >= 0.6 is 0 Å². The Hall–Kier alpha value is -1.39. The van der Waals surface area contributed by atoms with Gasteiger partial charge in [0.1, 0.15) is 0 Å². The van der Waals surface area contributed by atoms with Crippen molar-refractivity contribution in [2.75, 3.05) is 0 Å². The summed E-state index contributed by atoms with van der Waals surface area (Å²) in [6.07, 6.45) is 18.3. The molecule has 0 fully saturated rings. The van der Waals surface area contributed by atoms with Gasteiger partial charge in [0, 0.05) is 6.42 Å². The number of hydrogen-bond donors (Lipinski definition) is 3. The van der Waals surface area contributed by atoms with E-state index in [9.17, 15) is 15.0 Å². The number of aliphatic hydroxyl groups is 2. The summed E-state index contributed by atoms with van der Waals surface area (Å²) in [6, 6.07) is 0. The van der Waals surface area contributed by atoms with Gasteiger partial charge in [-0.1, -0.05) is 56.2 Å². The van der Waals surface area contributed by atoms with Gasteiger partial charge in [-0.2, -0.15) is 0 Å². The van der Waals surface area contributed by atoms with Crippen LogP contribution in [0.2, 0.25) is 0 Å². The monoisotopic (exact) mass is 338 g/mol. The van der Waals surface area contributed by atoms with Crippen molar-refractivity contribution < 1.29 is 20.1 Å². The molecule has 24 heavy (non-hydrogen) atoms. The van der Waals surface area contributed by atoms with Gasteiger partial charge in [0.25, 0.3) is 0 Å². The van der Waals surface area contributed by atoms with Crippen LogP contribution in [0.5, 0.6) is 0 Å². The van der Waals surface area contributed by atoms with Gasteiger partial charge in [-0.05, 0) is 44.9 Å². The summed E-state index contributed by atoms with van der Waals surface area (Å²) >= 11 is 0. The molecule has 0 aliphatic carbocycles. The fraction of sp³-hybridized carbons (Fsp3) is 0.650. The molecule has 0 aliphatic rings. The molecule has 138 valence electrons. The van der Waals surface area contributed by atoms with Crippen LogP contribution in [0.4, 0.5) is 0 Å². The first kappa shape index (κ1) is 22.6. The number of rotatable bonds is 15. The molecule has 0 bridgehead atoms. The van der Waals surface area contributed by atoms with Crippen LogP contribution in [0.15, 0.2) is 36.5 Å². The Kier molecular flexibility index (Phi) is 15.5. The van der Waals surface area contributed by atoms with E-state index in [0.29, 0.717) is 19.3 Å². The van der Waals surface area contributed by atoms with Crippen molar-refractivity contribution in [3.63, 3.8) is 0 Å². The minimum absolute atomic E-state index is 0.206. The lowest BCUT2D eigenvalue weighted by Gasteiger charge is -2.14. The molecule has 0 aromatic carbocycles. The highest BCUT2D eigenvalue weighted by Crippen LogP contribution is 2.07. The summed E-state index contributed by atoms with van der Waals surface area (Å²) in [6.45, 7) is 2.17. The van der Waals surface area contributed by atoms with E-state index in [1.165, 1.54) is 19.3 Å². The maximum Gasteiger partial charge on any atom is 0.303 e. The van der Waals surface area contributed by atoms with E-state index in [4.69, 9.17) is 5.11 Å². The average Bonchev–Trinajstić information content (AvgIpc) is 2.55. The number of carboxylic acid groups (broad SMARTS) is 1. The Morgan fingerprint density at radius 1 is 0.833 bits per heavy atom. The topological polar surface area (TPSA) is 77.8 Å². The Balaban J connectivity index is 3.69. The van der Waals surface area contributed by atoms with E-state index in [1.807, 2.05) is 30.4 Å². The van der Waals surface area contributed by atoms with Gasteiger partial charge in [-0.3, -0.25) is 4.79 Å². The summed E-state index contributed by atoms with van der Waals surface area (Å²) in [5.41, 5.74) is 0. The summed E-state index contributed by atoms with van der Waals surface area (Å²) in [5.74, 6) is -0.758. The molecule has 0 saturated carbocycles. The SMILES string of the molecule is CCCCC/C=C\C[C@H](O)[C@@H](O)C/C=C\C/C=C\CCCC(=O)O. The lowest BCUT2D eigenvalue weighted by atomic mass is 10.1. The molecule has 2 atom stereocenters. The first-order valence-corrected chi connectivity index (χ1v) is 9.10. The van der Waals surface area contributed by atoms with Gasteiger partial charge < -0.3 is 15.3 Å². The first-order valence-electron chi connectivity index (χ1n) is 9.10. The number of carboxylic acids is 1. The van der Waals surface area contributed by atoms with Crippen molar-refractivity contribution >= 4 is 5.97 Å². The number of unbranched alkanes of at least 4 members (excludes halogenated alkanes) is 4. The van der Waals surface area contributed by atoms with Gasteiger partial charge in [0.15, 0.2) is 0 Å². The van der Waals surface area contributed by atoms with E-state index in [-0.39, 0.29) is 6.42 Å². The van der Waals surface area contributed by atoms with Gasteiger partial charge >= 0.3 is 5.97 Å². The van der Waals surface area contributed by atoms with Crippen LogP contribution < -0.4 is 0 Å². The van der Waals surface area contributed by atoms with Crippen molar-refractivity contribution in [1.29, 1.82) is 0 Å². The Bertz CT molecular complexity index is 385. The number of allylic oxidation sites excluding steroid dienone is 4. The Morgan fingerprint density at radius 2 is 1.38 bits per heavy atom. The normalized spacial score (nSPS) is 14.8. The second-order valence-corrected chi connectivity index (χ2v) is 6.04. The minimum Gasteiger partial charge on any atom is -0.481 e. The summed E-state index contributed by atoms with van der Waals surface area (Å²) < 4.78 is 0. The zero-order valence-corrected chi connectivity index (χ0v) is 14.9. The van der Waals surface area contributed by atoms with Crippen LogP contribution in [-0.4, -0.2) is 33.5 Å². The van der Waals surface area contributed by atoms with Crippen LogP contribution in [-0.2, 0) is 4.79 Å². The van der Waals surface area contributed by atoms with Crippen molar-refractivity contribution in [3.05, 3.63) is 36.5 Å². The molecule has 0 amide bonds. The van der Waals surface area contributed by atoms with Gasteiger partial charge in [-0.15, -0.1) is 0 Å². The number of hydrogen-bond acceptors (Lipinski definition) is 3. The van der Waals surface area contributed by atoms with E-state index in [0.717, 1.165) is 19.3 Å². The van der Waals surface area contributed by atoms with Crippen molar-refractivity contribution in [2.24, 2.45) is 0 Å². The van der Waals surface area contributed by atoms with Crippen molar-refractivity contribution in [1.82, 2.24) is 0 Å². The molecule has 0 aromatic heterocycles. The molecular weight excluding hydrogens is 304 g/mol. The highest BCUT2D eigenvalue weighted by Gasteiger charge is 2.12. The maximum atomic E-state index is 10.3. The van der Waals surface area contributed by atoms with E-state index < -0.39 is 18.2 Å². The van der Waals surface area contributed by atoms with Crippen LogP contribution in [0.25, 0.3) is 0 Å². The third-order valence-corrected chi connectivity index (χ3v) is 3.71. The zero-order chi connectivity index (χ0) is 18.0. The molecule has 0 spiro atoms. The molecule has 3 N–H and O–H groups in total.